The van der Waals surface area contributed by atoms with Crippen molar-refractivity contribution in [3.8, 4) is 0 Å². The number of benzene rings is 3. The summed E-state index contributed by atoms with van der Waals surface area (Å²) in [6.07, 6.45) is 0.00896. The maximum Gasteiger partial charge on any atom is 0.290 e. The Bertz CT molecular complexity index is 1470. The summed E-state index contributed by atoms with van der Waals surface area (Å²) >= 11 is 0. The molecule has 3 aromatic rings. The second kappa shape index (κ2) is 15.5. The summed E-state index contributed by atoms with van der Waals surface area (Å²) in [5.74, 6) is -4.70. The van der Waals surface area contributed by atoms with Crippen LogP contribution >= 0.6 is 0 Å². The number of amides is 3. The van der Waals surface area contributed by atoms with Crippen LogP contribution in [0.5, 0.6) is 0 Å². The molecule has 0 bridgehead atoms. The molecule has 0 spiro atoms. The van der Waals surface area contributed by atoms with Gasteiger partial charge in [-0.2, -0.15) is 0 Å². The first-order valence-corrected chi connectivity index (χ1v) is 14.5. The molecule has 0 aliphatic carbocycles. The molecule has 9 nitrogen and oxygen atoms in total. The molecule has 3 aromatic carbocycles. The summed E-state index contributed by atoms with van der Waals surface area (Å²) in [5.41, 5.74) is 6.34. The van der Waals surface area contributed by atoms with Gasteiger partial charge in [-0.1, -0.05) is 105 Å². The Labute approximate surface area is 257 Å². The molecule has 9 heteroatoms. The molecule has 0 fully saturated rings. The molecule has 0 saturated heterocycles. The summed E-state index contributed by atoms with van der Waals surface area (Å²) in [5, 5.41) is 5.10. The number of ketones is 3. The van der Waals surface area contributed by atoms with Gasteiger partial charge >= 0.3 is 0 Å². The maximum atomic E-state index is 13.4. The lowest BCUT2D eigenvalue weighted by atomic mass is 9.84. The van der Waals surface area contributed by atoms with Gasteiger partial charge in [0.05, 0.1) is 17.5 Å². The fourth-order valence-electron chi connectivity index (χ4n) is 4.69. The van der Waals surface area contributed by atoms with Crippen molar-refractivity contribution in [2.75, 3.05) is 0 Å². The molecule has 44 heavy (non-hydrogen) atoms. The minimum absolute atomic E-state index is 0.0923. The zero-order valence-electron chi connectivity index (χ0n) is 25.2. The van der Waals surface area contributed by atoms with Gasteiger partial charge in [0.2, 0.25) is 17.6 Å². The Hall–Kier alpha value is -4.92. The number of rotatable bonds is 16. The highest BCUT2D eigenvalue weighted by atomic mass is 16.2. The van der Waals surface area contributed by atoms with Gasteiger partial charge in [-0.05, 0) is 30.9 Å². The Morgan fingerprint density at radius 1 is 0.727 bits per heavy atom. The standard InChI is InChI=1S/C35H39N3O6/c1-23(37-32(42)27(19-24-13-7-4-8-14-24)21-29(39)26-17-11-6-12-18-26)31(41)33(43)38-28(20-25-15-9-5-10-16-25)30(40)22-35(2,3)34(36)44/h4-18,23,27-28H,19-22H2,1-3H3,(H2,36,44)(H,37,42)(H,38,43)/t23?,27-,28+/m1/s1. The number of nitrogens with two attached hydrogens (primary N) is 1. The van der Waals surface area contributed by atoms with Crippen LogP contribution in [0.4, 0.5) is 0 Å². The molecule has 0 aliphatic rings. The molecule has 1 unspecified atom stereocenters. The van der Waals surface area contributed by atoms with E-state index in [0.717, 1.165) is 11.1 Å². The van der Waals surface area contributed by atoms with Crippen LogP contribution in [0.1, 0.15) is 55.1 Å². The highest BCUT2D eigenvalue weighted by Crippen LogP contribution is 2.22. The Balaban J connectivity index is 1.73. The van der Waals surface area contributed by atoms with E-state index >= 15 is 0 Å². The second-order valence-corrected chi connectivity index (χ2v) is 11.6. The number of Topliss-reactive ketones (excluding diaryl/α,β-unsaturated/α-hetero) is 3. The molecule has 0 aliphatic heterocycles. The first-order chi connectivity index (χ1) is 20.9. The number of carbonyl (C=O) groups excluding carboxylic acids is 6. The number of nitrogens with one attached hydrogen (secondary N) is 2. The van der Waals surface area contributed by atoms with Crippen LogP contribution in [-0.4, -0.2) is 47.2 Å². The third kappa shape index (κ3) is 9.83. The average Bonchev–Trinajstić information content (AvgIpc) is 3.01. The van der Waals surface area contributed by atoms with Crippen LogP contribution in [0.25, 0.3) is 0 Å². The SMILES string of the molecule is CC(NC(=O)[C@@H](CC(=O)c1ccccc1)Cc1ccccc1)C(=O)C(=O)N[C@@H](Cc1ccccc1)C(=O)CC(C)(C)C(N)=O. The number of carbonyl (C=O) groups is 6. The van der Waals surface area contributed by atoms with Gasteiger partial charge in [-0.15, -0.1) is 0 Å². The fourth-order valence-corrected chi connectivity index (χ4v) is 4.69. The molecule has 3 atom stereocenters. The van der Waals surface area contributed by atoms with E-state index < -0.39 is 52.7 Å². The van der Waals surface area contributed by atoms with Gasteiger partial charge in [0.15, 0.2) is 11.6 Å². The van der Waals surface area contributed by atoms with Gasteiger partial charge in [-0.3, -0.25) is 28.8 Å². The molecule has 3 rings (SSSR count). The maximum absolute atomic E-state index is 13.4. The van der Waals surface area contributed by atoms with E-state index in [1.54, 1.807) is 54.6 Å². The van der Waals surface area contributed by atoms with Crippen molar-refractivity contribution in [1.29, 1.82) is 0 Å². The Morgan fingerprint density at radius 3 is 1.75 bits per heavy atom. The predicted octanol–water partition coefficient (Wildman–Crippen LogP) is 3.39. The van der Waals surface area contributed by atoms with E-state index in [0.29, 0.717) is 5.56 Å². The van der Waals surface area contributed by atoms with E-state index in [9.17, 15) is 28.8 Å². The third-order valence-electron chi connectivity index (χ3n) is 7.46. The van der Waals surface area contributed by atoms with Crippen molar-refractivity contribution in [2.24, 2.45) is 17.1 Å². The lowest BCUT2D eigenvalue weighted by Crippen LogP contribution is -2.52. The summed E-state index contributed by atoms with van der Waals surface area (Å²) in [7, 11) is 0. The first kappa shape index (κ1) is 33.6. The normalized spacial score (nSPS) is 13.2. The topological polar surface area (TPSA) is 152 Å². The minimum Gasteiger partial charge on any atom is -0.369 e. The summed E-state index contributed by atoms with van der Waals surface area (Å²) < 4.78 is 0. The molecule has 0 radical (unpaired) electrons. The van der Waals surface area contributed by atoms with Crippen molar-refractivity contribution in [2.45, 2.75) is 58.5 Å². The van der Waals surface area contributed by atoms with Crippen LogP contribution < -0.4 is 16.4 Å². The third-order valence-corrected chi connectivity index (χ3v) is 7.46. The van der Waals surface area contributed by atoms with Crippen molar-refractivity contribution in [1.82, 2.24) is 10.6 Å². The number of hydrogen-bond acceptors (Lipinski definition) is 6. The predicted molar refractivity (Wildman–Crippen MR) is 166 cm³/mol. The van der Waals surface area contributed by atoms with Crippen LogP contribution in [0.3, 0.4) is 0 Å². The highest BCUT2D eigenvalue weighted by molar-refractivity contribution is 6.38. The van der Waals surface area contributed by atoms with Crippen molar-refractivity contribution in [3.63, 3.8) is 0 Å². The van der Waals surface area contributed by atoms with Crippen molar-refractivity contribution >= 4 is 35.1 Å². The summed E-state index contributed by atoms with van der Waals surface area (Å²) in [6, 6.07) is 24.4. The largest absolute Gasteiger partial charge is 0.369 e. The quantitative estimate of drug-likeness (QED) is 0.170. The molecule has 3 amide bonds. The van der Waals surface area contributed by atoms with E-state index in [-0.39, 0.29) is 31.5 Å². The van der Waals surface area contributed by atoms with Gasteiger partial charge in [0.25, 0.3) is 5.91 Å². The van der Waals surface area contributed by atoms with Crippen LogP contribution in [0, 0.1) is 11.3 Å². The van der Waals surface area contributed by atoms with Gasteiger partial charge < -0.3 is 16.4 Å². The van der Waals surface area contributed by atoms with Crippen molar-refractivity contribution in [3.05, 3.63) is 108 Å². The molecular formula is C35H39N3O6. The van der Waals surface area contributed by atoms with Crippen molar-refractivity contribution < 1.29 is 28.8 Å². The van der Waals surface area contributed by atoms with E-state index in [1.807, 2.05) is 36.4 Å². The molecule has 4 N–H and O–H groups in total. The first-order valence-electron chi connectivity index (χ1n) is 14.5. The summed E-state index contributed by atoms with van der Waals surface area (Å²) in [6.45, 7) is 4.44. The lowest BCUT2D eigenvalue weighted by molar-refractivity contribution is -0.141. The van der Waals surface area contributed by atoms with Crippen LogP contribution in [-0.2, 0) is 36.8 Å². The zero-order valence-corrected chi connectivity index (χ0v) is 25.2. The average molecular weight is 598 g/mol. The van der Waals surface area contributed by atoms with Gasteiger partial charge in [0, 0.05) is 24.3 Å². The second-order valence-electron chi connectivity index (χ2n) is 11.6. The highest BCUT2D eigenvalue weighted by Gasteiger charge is 2.34. The number of primary amides is 1. The van der Waals surface area contributed by atoms with Gasteiger partial charge in [-0.25, -0.2) is 0 Å². The fraction of sp³-hybridized carbons (Fsp3) is 0.314. The van der Waals surface area contributed by atoms with Crippen LogP contribution in [0.15, 0.2) is 91.0 Å². The van der Waals surface area contributed by atoms with E-state index in [4.69, 9.17) is 5.73 Å². The summed E-state index contributed by atoms with van der Waals surface area (Å²) in [4.78, 5) is 77.7. The molecular weight excluding hydrogens is 558 g/mol. The van der Waals surface area contributed by atoms with Crippen LogP contribution in [0.2, 0.25) is 0 Å². The van der Waals surface area contributed by atoms with E-state index in [1.165, 1.54) is 20.8 Å². The lowest BCUT2D eigenvalue weighted by Gasteiger charge is -2.24. The Kier molecular flexibility index (Phi) is 11.8. The molecule has 230 valence electrons. The smallest absolute Gasteiger partial charge is 0.290 e. The monoisotopic (exact) mass is 597 g/mol. The van der Waals surface area contributed by atoms with Gasteiger partial charge in [0.1, 0.15) is 0 Å². The molecule has 0 heterocycles. The molecule has 0 aromatic heterocycles. The zero-order chi connectivity index (χ0) is 32.3. The Morgan fingerprint density at radius 2 is 1.23 bits per heavy atom. The van der Waals surface area contributed by atoms with E-state index in [2.05, 4.69) is 10.6 Å². The molecule has 0 saturated carbocycles. The minimum atomic E-state index is -1.23. The number of hydrogen-bond donors (Lipinski definition) is 3.